The van der Waals surface area contributed by atoms with Crippen LogP contribution in [0.5, 0.6) is 5.75 Å². The van der Waals surface area contributed by atoms with Crippen LogP contribution in [0.4, 0.5) is 0 Å². The number of allylic oxidation sites excluding steroid dienone is 2. The number of phenolic OH excluding ortho intramolecular Hbond substituents is 1. The van der Waals surface area contributed by atoms with E-state index in [1.807, 2.05) is 5.09 Å². The number of carbonyl (C=O) groups is 1. The lowest BCUT2D eigenvalue weighted by molar-refractivity contribution is -0.146. The quantitative estimate of drug-likeness (QED) is 0.322. The first-order valence-corrected chi connectivity index (χ1v) is 9.18. The minimum absolute atomic E-state index is 0.0197. The molecule has 0 aliphatic heterocycles. The first-order valence-electron chi connectivity index (χ1n) is 7.56. The third-order valence-corrected chi connectivity index (χ3v) is 4.54. The first-order chi connectivity index (χ1) is 11.5. The minimum Gasteiger partial charge on any atom is -0.508 e. The summed E-state index contributed by atoms with van der Waals surface area (Å²) in [6.07, 6.45) is 2.18. The molecule has 136 valence electrons. The fourth-order valence-corrected chi connectivity index (χ4v) is 3.42. The Morgan fingerprint density at radius 3 is 2.32 bits per heavy atom. The highest BCUT2D eigenvalue weighted by atomic mass is 31.2. The molecule has 0 radical (unpaired) electrons. The smallest absolute Gasteiger partial charge is 0.427 e. The van der Waals surface area contributed by atoms with E-state index in [-0.39, 0.29) is 29.9 Å². The highest BCUT2D eigenvalue weighted by Crippen LogP contribution is 2.41. The third-order valence-electron chi connectivity index (χ3n) is 3.98. The summed E-state index contributed by atoms with van der Waals surface area (Å²) in [4.78, 5) is 29.8. The van der Waals surface area contributed by atoms with E-state index in [0.29, 0.717) is 5.56 Å². The second-order valence-electron chi connectivity index (χ2n) is 5.80. The zero-order chi connectivity index (χ0) is 18.8. The Balaban J connectivity index is 2.50. The van der Waals surface area contributed by atoms with Gasteiger partial charge in [-0.3, -0.25) is 9.88 Å². The standard InChI is InChI=1S/C16H20NO7P/c1-2-13(10-3-5-11(18)6-4-10)16(20,21)14-8-7-12(19)9-15(14)17-25(22,23)24/h3-8,13,18,20-21H,2,9H2,1H3,(H3,17,22,23,24). The van der Waals surface area contributed by atoms with Crippen molar-refractivity contribution in [2.75, 3.05) is 0 Å². The summed E-state index contributed by atoms with van der Waals surface area (Å²) in [6, 6.07) is 5.85. The van der Waals surface area contributed by atoms with Crippen LogP contribution < -0.4 is 5.09 Å². The molecule has 0 amide bonds. The molecule has 1 aromatic carbocycles. The van der Waals surface area contributed by atoms with Gasteiger partial charge in [0.1, 0.15) is 5.75 Å². The van der Waals surface area contributed by atoms with E-state index in [4.69, 9.17) is 9.79 Å². The van der Waals surface area contributed by atoms with E-state index < -0.39 is 25.2 Å². The Morgan fingerprint density at radius 1 is 1.20 bits per heavy atom. The highest BCUT2D eigenvalue weighted by molar-refractivity contribution is 7.49. The van der Waals surface area contributed by atoms with E-state index in [1.54, 1.807) is 6.92 Å². The first kappa shape index (κ1) is 19.4. The van der Waals surface area contributed by atoms with Crippen LogP contribution in [0.25, 0.3) is 0 Å². The van der Waals surface area contributed by atoms with E-state index in [9.17, 15) is 24.7 Å². The second kappa shape index (κ2) is 7.11. The second-order valence-corrected chi connectivity index (χ2v) is 7.11. The summed E-state index contributed by atoms with van der Waals surface area (Å²) < 4.78 is 11.2. The van der Waals surface area contributed by atoms with Gasteiger partial charge in [0.05, 0.1) is 6.42 Å². The summed E-state index contributed by atoms with van der Waals surface area (Å²) in [6.45, 7) is 1.72. The molecule has 6 N–H and O–H groups in total. The van der Waals surface area contributed by atoms with Gasteiger partial charge in [-0.2, -0.15) is 0 Å². The molecule has 1 aliphatic carbocycles. The number of benzene rings is 1. The molecule has 1 atom stereocenters. The Hall–Kier alpha value is -1.96. The number of nitrogens with one attached hydrogen (secondary N) is 1. The molecule has 0 spiro atoms. The van der Waals surface area contributed by atoms with Crippen LogP contribution in [-0.4, -0.2) is 36.7 Å². The summed E-state index contributed by atoms with van der Waals surface area (Å²) >= 11 is 0. The third kappa shape index (κ3) is 4.56. The minimum atomic E-state index is -4.73. The maximum absolute atomic E-state index is 11.6. The van der Waals surface area contributed by atoms with Crippen molar-refractivity contribution in [1.29, 1.82) is 0 Å². The van der Waals surface area contributed by atoms with Gasteiger partial charge in [-0.25, -0.2) is 4.57 Å². The van der Waals surface area contributed by atoms with Crippen LogP contribution in [0.3, 0.4) is 0 Å². The average molecular weight is 369 g/mol. The average Bonchev–Trinajstić information content (AvgIpc) is 2.47. The predicted octanol–water partition coefficient (Wildman–Crippen LogP) is 1.03. The van der Waals surface area contributed by atoms with Gasteiger partial charge in [-0.1, -0.05) is 19.1 Å². The fourth-order valence-electron chi connectivity index (χ4n) is 2.87. The van der Waals surface area contributed by atoms with E-state index in [2.05, 4.69) is 0 Å². The van der Waals surface area contributed by atoms with E-state index in [1.165, 1.54) is 24.3 Å². The van der Waals surface area contributed by atoms with Crippen molar-refractivity contribution < 1.29 is 34.5 Å². The molecule has 1 aromatic rings. The van der Waals surface area contributed by atoms with Crippen molar-refractivity contribution in [3.8, 4) is 5.75 Å². The topological polar surface area (TPSA) is 147 Å². The van der Waals surface area contributed by atoms with Gasteiger partial charge in [0.2, 0.25) is 0 Å². The van der Waals surface area contributed by atoms with Crippen molar-refractivity contribution in [1.82, 2.24) is 5.09 Å². The van der Waals surface area contributed by atoms with Crippen molar-refractivity contribution in [2.24, 2.45) is 0 Å². The van der Waals surface area contributed by atoms with Crippen molar-refractivity contribution >= 4 is 13.5 Å². The summed E-state index contributed by atoms with van der Waals surface area (Å²) in [5, 5.41) is 32.8. The molecule has 1 aliphatic rings. The maximum atomic E-state index is 11.6. The van der Waals surface area contributed by atoms with Gasteiger partial charge >= 0.3 is 7.75 Å². The number of phenols is 1. The van der Waals surface area contributed by atoms with Crippen molar-refractivity contribution in [3.63, 3.8) is 0 Å². The molecular formula is C16H20NO7P. The van der Waals surface area contributed by atoms with Gasteiger partial charge in [0, 0.05) is 17.2 Å². The normalized spacial score (nSPS) is 16.9. The molecule has 0 heterocycles. The molecule has 0 fully saturated rings. The summed E-state index contributed by atoms with van der Waals surface area (Å²) in [7, 11) is -4.73. The highest BCUT2D eigenvalue weighted by Gasteiger charge is 2.41. The van der Waals surface area contributed by atoms with Crippen LogP contribution in [0.2, 0.25) is 0 Å². The summed E-state index contributed by atoms with van der Waals surface area (Å²) in [5.41, 5.74) is 0.0945. The van der Waals surface area contributed by atoms with Gasteiger partial charge in [0.15, 0.2) is 11.6 Å². The van der Waals surface area contributed by atoms with Gasteiger partial charge in [-0.15, -0.1) is 0 Å². The molecule has 8 nitrogen and oxygen atoms in total. The summed E-state index contributed by atoms with van der Waals surface area (Å²) in [5.74, 6) is -3.74. The lowest BCUT2D eigenvalue weighted by Crippen LogP contribution is -2.40. The van der Waals surface area contributed by atoms with Gasteiger partial charge in [0.25, 0.3) is 0 Å². The molecule has 1 unspecified atom stereocenters. The molecule has 2 rings (SSSR count). The van der Waals surface area contributed by atoms with E-state index in [0.717, 1.165) is 12.2 Å². The predicted molar refractivity (Wildman–Crippen MR) is 89.3 cm³/mol. The fraction of sp³-hybridized carbons (Fsp3) is 0.312. The number of hydrogen-bond donors (Lipinski definition) is 6. The lowest BCUT2D eigenvalue weighted by Gasteiger charge is -2.35. The number of carbonyl (C=O) groups excluding carboxylic acids is 1. The molecule has 0 saturated heterocycles. The van der Waals surface area contributed by atoms with Crippen molar-refractivity contribution in [2.45, 2.75) is 31.5 Å². The monoisotopic (exact) mass is 369 g/mol. The van der Waals surface area contributed by atoms with Gasteiger partial charge < -0.3 is 25.1 Å². The van der Waals surface area contributed by atoms with Crippen LogP contribution in [0, 0.1) is 0 Å². The molecule has 0 aromatic heterocycles. The zero-order valence-corrected chi connectivity index (χ0v) is 14.3. The molecule has 9 heteroatoms. The SMILES string of the molecule is CCC(c1ccc(O)cc1)C(O)(O)C1=C(NP(=O)(O)O)CC(=O)C=C1. The Bertz CT molecular complexity index is 761. The molecule has 25 heavy (non-hydrogen) atoms. The Morgan fingerprint density at radius 2 is 1.80 bits per heavy atom. The number of aliphatic hydroxyl groups is 2. The van der Waals surface area contributed by atoms with Gasteiger partial charge in [-0.05, 0) is 36.3 Å². The number of ketones is 1. The van der Waals surface area contributed by atoms with E-state index >= 15 is 0 Å². The van der Waals surface area contributed by atoms with Crippen LogP contribution in [0.15, 0.2) is 47.7 Å². The Kier molecular flexibility index (Phi) is 5.51. The number of hydrogen-bond acceptors (Lipinski definition) is 5. The maximum Gasteiger partial charge on any atom is 0.427 e. The Labute approximate surface area is 144 Å². The number of rotatable bonds is 6. The van der Waals surface area contributed by atoms with Crippen LogP contribution >= 0.6 is 7.75 Å². The van der Waals surface area contributed by atoms with Crippen molar-refractivity contribution in [3.05, 3.63) is 53.3 Å². The zero-order valence-electron chi connectivity index (χ0n) is 13.5. The molecule has 0 bridgehead atoms. The molecular weight excluding hydrogens is 349 g/mol. The largest absolute Gasteiger partial charge is 0.508 e. The van der Waals surface area contributed by atoms with Crippen LogP contribution in [-0.2, 0) is 9.36 Å². The lowest BCUT2D eigenvalue weighted by atomic mass is 9.81. The van der Waals surface area contributed by atoms with Crippen LogP contribution in [0.1, 0.15) is 31.2 Å². The molecule has 0 saturated carbocycles. The number of aromatic hydroxyl groups is 1.